The molecule has 0 saturated carbocycles. The number of alkyl halides is 3. The van der Waals surface area contributed by atoms with E-state index in [2.05, 4.69) is 9.84 Å². The van der Waals surface area contributed by atoms with Crippen molar-refractivity contribution in [1.82, 2.24) is 9.78 Å². The Labute approximate surface area is 119 Å². The van der Waals surface area contributed by atoms with Crippen molar-refractivity contribution in [3.05, 3.63) is 41.2 Å². The van der Waals surface area contributed by atoms with Crippen molar-refractivity contribution in [2.45, 2.75) is 27.1 Å². The molecule has 112 valence electrons. The monoisotopic (exact) mass is 298 g/mol. The van der Waals surface area contributed by atoms with Crippen LogP contribution in [0.5, 0.6) is 5.75 Å². The van der Waals surface area contributed by atoms with Crippen molar-refractivity contribution < 1.29 is 22.7 Å². The van der Waals surface area contributed by atoms with E-state index in [0.29, 0.717) is 22.6 Å². The normalized spacial score (nSPS) is 11.5. The molecule has 0 radical (unpaired) electrons. The number of aromatic nitrogens is 2. The molecule has 2 rings (SSSR count). The van der Waals surface area contributed by atoms with Gasteiger partial charge in [0.15, 0.2) is 5.78 Å². The lowest BCUT2D eigenvalue weighted by atomic mass is 10.1. The molecule has 1 aromatic heterocycles. The maximum atomic E-state index is 12.1. The Bertz CT molecular complexity index is 673. The molecule has 0 unspecified atom stereocenters. The van der Waals surface area contributed by atoms with Gasteiger partial charge in [0.25, 0.3) is 0 Å². The van der Waals surface area contributed by atoms with Gasteiger partial charge in [0.2, 0.25) is 0 Å². The molecule has 0 atom stereocenters. The van der Waals surface area contributed by atoms with Gasteiger partial charge in [-0.25, -0.2) is 4.68 Å². The number of ketones is 1. The van der Waals surface area contributed by atoms with Gasteiger partial charge in [0, 0.05) is 0 Å². The molecule has 0 fully saturated rings. The van der Waals surface area contributed by atoms with Crippen molar-refractivity contribution >= 4 is 5.78 Å². The lowest BCUT2D eigenvalue weighted by molar-refractivity contribution is -0.274. The minimum absolute atomic E-state index is 0.103. The summed E-state index contributed by atoms with van der Waals surface area (Å²) in [5.74, 6) is -0.409. The molecule has 0 saturated heterocycles. The summed E-state index contributed by atoms with van der Waals surface area (Å²) in [5.41, 5.74) is 2.29. The first-order chi connectivity index (χ1) is 9.69. The van der Waals surface area contributed by atoms with Crippen LogP contribution in [0.2, 0.25) is 0 Å². The summed E-state index contributed by atoms with van der Waals surface area (Å²) in [6, 6.07) is 5.30. The fourth-order valence-corrected chi connectivity index (χ4v) is 2.19. The number of Topliss-reactive ketones (excluding diaryl/α,β-unsaturated/α-hetero) is 1. The summed E-state index contributed by atoms with van der Waals surface area (Å²) >= 11 is 0. The fraction of sp³-hybridized carbons (Fsp3) is 0.286. The summed E-state index contributed by atoms with van der Waals surface area (Å²) in [6.07, 6.45) is -4.72. The lowest BCUT2D eigenvalue weighted by Gasteiger charge is -2.10. The van der Waals surface area contributed by atoms with Gasteiger partial charge in [0.1, 0.15) is 5.75 Å². The number of benzene rings is 1. The second-order valence-electron chi connectivity index (χ2n) is 4.56. The largest absolute Gasteiger partial charge is 0.573 e. The fourth-order valence-electron chi connectivity index (χ4n) is 2.19. The molecule has 21 heavy (non-hydrogen) atoms. The minimum atomic E-state index is -4.72. The van der Waals surface area contributed by atoms with E-state index in [-0.39, 0.29) is 11.5 Å². The van der Waals surface area contributed by atoms with E-state index in [4.69, 9.17) is 0 Å². The molecule has 0 aliphatic rings. The highest BCUT2D eigenvalue weighted by Gasteiger charge is 2.31. The zero-order chi connectivity index (χ0) is 15.8. The summed E-state index contributed by atoms with van der Waals surface area (Å²) < 4.78 is 41.6. The predicted molar refractivity (Wildman–Crippen MR) is 69.7 cm³/mol. The quantitative estimate of drug-likeness (QED) is 0.813. The van der Waals surface area contributed by atoms with Gasteiger partial charge in [-0.1, -0.05) is 0 Å². The van der Waals surface area contributed by atoms with Gasteiger partial charge in [-0.3, -0.25) is 4.79 Å². The minimum Gasteiger partial charge on any atom is -0.406 e. The molecular weight excluding hydrogens is 285 g/mol. The number of hydrogen-bond donors (Lipinski definition) is 0. The van der Waals surface area contributed by atoms with Gasteiger partial charge in [-0.2, -0.15) is 5.10 Å². The topological polar surface area (TPSA) is 44.1 Å². The maximum absolute atomic E-state index is 12.1. The molecule has 4 nitrogen and oxygen atoms in total. The Balaban J connectivity index is 2.36. The third-order valence-electron chi connectivity index (χ3n) is 2.96. The van der Waals surface area contributed by atoms with Crippen LogP contribution in [0.4, 0.5) is 13.2 Å². The van der Waals surface area contributed by atoms with Gasteiger partial charge in [-0.05, 0) is 45.0 Å². The number of carbonyl (C=O) groups is 1. The van der Waals surface area contributed by atoms with E-state index in [1.807, 2.05) is 0 Å². The Kier molecular flexibility index (Phi) is 3.76. The third kappa shape index (κ3) is 3.24. The van der Waals surface area contributed by atoms with Crippen molar-refractivity contribution in [2.75, 3.05) is 0 Å². The molecule has 0 bridgehead atoms. The molecule has 0 aliphatic heterocycles. The van der Waals surface area contributed by atoms with E-state index in [9.17, 15) is 18.0 Å². The molecule has 1 aromatic carbocycles. The first-order valence-electron chi connectivity index (χ1n) is 6.12. The number of ether oxygens (including phenoxy) is 1. The summed E-state index contributed by atoms with van der Waals surface area (Å²) in [4.78, 5) is 11.5. The summed E-state index contributed by atoms with van der Waals surface area (Å²) in [7, 11) is 0. The van der Waals surface area contributed by atoms with Crippen LogP contribution in [0.1, 0.15) is 28.7 Å². The van der Waals surface area contributed by atoms with Crippen molar-refractivity contribution in [2.24, 2.45) is 0 Å². The zero-order valence-corrected chi connectivity index (χ0v) is 11.7. The second kappa shape index (κ2) is 5.23. The number of rotatable bonds is 3. The zero-order valence-electron chi connectivity index (χ0n) is 11.7. The highest BCUT2D eigenvalue weighted by molar-refractivity contribution is 5.96. The number of nitrogens with zero attached hydrogens (tertiary/aromatic N) is 2. The van der Waals surface area contributed by atoms with Crippen LogP contribution in [0.25, 0.3) is 5.69 Å². The van der Waals surface area contributed by atoms with Crippen LogP contribution < -0.4 is 4.74 Å². The molecular formula is C14H13F3N2O2. The van der Waals surface area contributed by atoms with Gasteiger partial charge in [0.05, 0.1) is 22.6 Å². The van der Waals surface area contributed by atoms with Crippen molar-refractivity contribution in [3.63, 3.8) is 0 Å². The van der Waals surface area contributed by atoms with Crippen LogP contribution >= 0.6 is 0 Å². The molecule has 7 heteroatoms. The van der Waals surface area contributed by atoms with Gasteiger partial charge >= 0.3 is 6.36 Å². The number of carbonyl (C=O) groups excluding carboxylic acids is 1. The smallest absolute Gasteiger partial charge is 0.406 e. The average molecular weight is 298 g/mol. The van der Waals surface area contributed by atoms with E-state index >= 15 is 0 Å². The molecule has 0 aliphatic carbocycles. The Hall–Kier alpha value is -2.31. The summed E-state index contributed by atoms with van der Waals surface area (Å²) in [5, 5.41) is 4.24. The SMILES string of the molecule is CC(=O)c1c(C)nn(-c2ccc(OC(F)(F)F)cc2)c1C. The molecule has 0 amide bonds. The van der Waals surface area contributed by atoms with E-state index in [1.54, 1.807) is 13.8 Å². The third-order valence-corrected chi connectivity index (χ3v) is 2.96. The lowest BCUT2D eigenvalue weighted by Crippen LogP contribution is -2.17. The van der Waals surface area contributed by atoms with Crippen LogP contribution in [-0.4, -0.2) is 21.9 Å². The Morgan fingerprint density at radius 2 is 1.76 bits per heavy atom. The number of halogens is 3. The highest BCUT2D eigenvalue weighted by Crippen LogP contribution is 2.25. The van der Waals surface area contributed by atoms with Crippen LogP contribution in [0.15, 0.2) is 24.3 Å². The first kappa shape index (κ1) is 15.1. The Morgan fingerprint density at radius 1 is 1.19 bits per heavy atom. The van der Waals surface area contributed by atoms with E-state index in [1.165, 1.54) is 35.9 Å². The van der Waals surface area contributed by atoms with Crippen molar-refractivity contribution in [3.8, 4) is 11.4 Å². The van der Waals surface area contributed by atoms with Crippen molar-refractivity contribution in [1.29, 1.82) is 0 Å². The van der Waals surface area contributed by atoms with E-state index < -0.39 is 6.36 Å². The Morgan fingerprint density at radius 3 is 2.19 bits per heavy atom. The predicted octanol–water partition coefficient (Wildman–Crippen LogP) is 3.59. The van der Waals surface area contributed by atoms with Crippen LogP contribution in [0, 0.1) is 13.8 Å². The maximum Gasteiger partial charge on any atom is 0.573 e. The summed E-state index contributed by atoms with van der Waals surface area (Å²) in [6.45, 7) is 4.89. The number of hydrogen-bond acceptors (Lipinski definition) is 3. The second-order valence-corrected chi connectivity index (χ2v) is 4.56. The molecule has 2 aromatic rings. The van der Waals surface area contributed by atoms with Gasteiger partial charge < -0.3 is 4.74 Å². The molecule has 1 heterocycles. The molecule has 0 spiro atoms. The standard InChI is InChI=1S/C14H13F3N2O2/c1-8-13(10(3)20)9(2)19(18-8)11-4-6-12(7-5-11)21-14(15,16)17/h4-7H,1-3H3. The van der Waals surface area contributed by atoms with Crippen LogP contribution in [0.3, 0.4) is 0 Å². The highest BCUT2D eigenvalue weighted by atomic mass is 19.4. The number of aryl methyl sites for hydroxylation is 1. The average Bonchev–Trinajstić information content (AvgIpc) is 2.63. The first-order valence-corrected chi connectivity index (χ1v) is 6.12. The van der Waals surface area contributed by atoms with E-state index in [0.717, 1.165) is 0 Å². The molecule has 0 N–H and O–H groups in total. The van der Waals surface area contributed by atoms with Gasteiger partial charge in [-0.15, -0.1) is 13.2 Å². The van der Waals surface area contributed by atoms with Crippen LogP contribution in [-0.2, 0) is 0 Å².